The number of methoxy groups -OCH3 is 1. The molecule has 0 N–H and O–H groups in total. The maximum Gasteiger partial charge on any atom is 0.262 e. The number of ether oxygens (including phenoxy) is 1. The van der Waals surface area contributed by atoms with Gasteiger partial charge in [0.05, 0.1) is 18.8 Å². The van der Waals surface area contributed by atoms with Crippen molar-refractivity contribution in [3.63, 3.8) is 0 Å². The fourth-order valence-electron chi connectivity index (χ4n) is 2.27. The molecule has 0 bridgehead atoms. The first kappa shape index (κ1) is 16.1. The van der Waals surface area contributed by atoms with Crippen LogP contribution in [0.2, 0.25) is 0 Å². The average molecular weight is 344 g/mol. The first-order valence-corrected chi connectivity index (χ1v) is 8.17. The van der Waals surface area contributed by atoms with Crippen LogP contribution in [0.4, 0.5) is 5.82 Å². The minimum absolute atomic E-state index is 0.129. The number of amides is 1. The van der Waals surface area contributed by atoms with Gasteiger partial charge in [0.2, 0.25) is 5.91 Å². The SMILES string of the molecule is COc1ccnc(N(C)C(=O)CCn2cnc3sccc3c2=O)c1. The third kappa shape index (κ3) is 3.13. The molecule has 0 fully saturated rings. The van der Waals surface area contributed by atoms with Crippen LogP contribution in [0.25, 0.3) is 10.2 Å². The van der Waals surface area contributed by atoms with E-state index in [-0.39, 0.29) is 24.4 Å². The number of aromatic nitrogens is 3. The molecule has 0 aliphatic heterocycles. The van der Waals surface area contributed by atoms with E-state index in [1.807, 2.05) is 5.38 Å². The number of fused-ring (bicyclic) bond motifs is 1. The summed E-state index contributed by atoms with van der Waals surface area (Å²) >= 11 is 1.42. The van der Waals surface area contributed by atoms with Gasteiger partial charge in [0.25, 0.3) is 5.56 Å². The van der Waals surface area contributed by atoms with E-state index in [4.69, 9.17) is 4.74 Å². The van der Waals surface area contributed by atoms with Crippen LogP contribution in [-0.4, -0.2) is 34.6 Å². The number of aryl methyl sites for hydroxylation is 1. The Kier molecular flexibility index (Phi) is 4.57. The van der Waals surface area contributed by atoms with Crippen LogP contribution < -0.4 is 15.2 Å². The normalized spacial score (nSPS) is 10.8. The second-order valence-electron chi connectivity index (χ2n) is 5.14. The first-order valence-electron chi connectivity index (χ1n) is 7.29. The second kappa shape index (κ2) is 6.79. The molecule has 0 saturated carbocycles. The lowest BCUT2D eigenvalue weighted by Crippen LogP contribution is -2.29. The van der Waals surface area contributed by atoms with Crippen molar-refractivity contribution in [3.8, 4) is 5.75 Å². The summed E-state index contributed by atoms with van der Waals surface area (Å²) in [5.41, 5.74) is -0.129. The van der Waals surface area contributed by atoms with Crippen molar-refractivity contribution in [2.24, 2.45) is 0 Å². The van der Waals surface area contributed by atoms with Crippen molar-refractivity contribution in [1.82, 2.24) is 14.5 Å². The molecular weight excluding hydrogens is 328 g/mol. The summed E-state index contributed by atoms with van der Waals surface area (Å²) < 4.78 is 6.59. The lowest BCUT2D eigenvalue weighted by molar-refractivity contribution is -0.118. The predicted molar refractivity (Wildman–Crippen MR) is 92.7 cm³/mol. The van der Waals surface area contributed by atoms with Gasteiger partial charge in [-0.2, -0.15) is 0 Å². The summed E-state index contributed by atoms with van der Waals surface area (Å²) in [6.45, 7) is 0.269. The molecule has 124 valence electrons. The number of carbonyl (C=O) groups excluding carboxylic acids is 1. The van der Waals surface area contributed by atoms with Crippen LogP contribution in [0.15, 0.2) is 40.9 Å². The maximum absolute atomic E-state index is 12.4. The van der Waals surface area contributed by atoms with E-state index in [0.29, 0.717) is 21.8 Å². The van der Waals surface area contributed by atoms with Crippen molar-refractivity contribution in [2.45, 2.75) is 13.0 Å². The molecule has 0 saturated heterocycles. The van der Waals surface area contributed by atoms with E-state index in [9.17, 15) is 9.59 Å². The van der Waals surface area contributed by atoms with Gasteiger partial charge >= 0.3 is 0 Å². The van der Waals surface area contributed by atoms with Crippen LogP contribution in [0.3, 0.4) is 0 Å². The number of hydrogen-bond donors (Lipinski definition) is 0. The highest BCUT2D eigenvalue weighted by atomic mass is 32.1. The Labute approximate surface area is 142 Å². The average Bonchev–Trinajstić information content (AvgIpc) is 3.10. The maximum atomic E-state index is 12.4. The summed E-state index contributed by atoms with van der Waals surface area (Å²) in [7, 11) is 3.20. The van der Waals surface area contributed by atoms with E-state index >= 15 is 0 Å². The smallest absolute Gasteiger partial charge is 0.262 e. The molecule has 8 heteroatoms. The van der Waals surface area contributed by atoms with Gasteiger partial charge in [-0.1, -0.05) is 0 Å². The van der Waals surface area contributed by atoms with E-state index in [2.05, 4.69) is 9.97 Å². The second-order valence-corrected chi connectivity index (χ2v) is 6.03. The highest BCUT2D eigenvalue weighted by molar-refractivity contribution is 7.16. The Bertz CT molecular complexity index is 934. The quantitative estimate of drug-likeness (QED) is 0.707. The Balaban J connectivity index is 1.72. The summed E-state index contributed by atoms with van der Waals surface area (Å²) in [5.74, 6) is 0.981. The van der Waals surface area contributed by atoms with Crippen LogP contribution in [0.1, 0.15) is 6.42 Å². The summed E-state index contributed by atoms with van der Waals surface area (Å²) in [6, 6.07) is 5.14. The lowest BCUT2D eigenvalue weighted by atomic mass is 10.3. The molecule has 3 rings (SSSR count). The van der Waals surface area contributed by atoms with Crippen molar-refractivity contribution < 1.29 is 9.53 Å². The largest absolute Gasteiger partial charge is 0.497 e. The number of carbonyl (C=O) groups is 1. The zero-order valence-corrected chi connectivity index (χ0v) is 14.1. The Hall–Kier alpha value is -2.74. The van der Waals surface area contributed by atoms with Crippen LogP contribution >= 0.6 is 11.3 Å². The van der Waals surface area contributed by atoms with Gasteiger partial charge in [-0.05, 0) is 17.5 Å². The minimum atomic E-state index is -0.145. The van der Waals surface area contributed by atoms with E-state index in [0.717, 1.165) is 0 Å². The third-order valence-electron chi connectivity index (χ3n) is 3.69. The molecule has 7 nitrogen and oxygen atoms in total. The molecule has 0 aliphatic rings. The summed E-state index contributed by atoms with van der Waals surface area (Å²) in [6.07, 6.45) is 3.24. The van der Waals surface area contributed by atoms with Crippen molar-refractivity contribution in [3.05, 3.63) is 46.5 Å². The topological polar surface area (TPSA) is 77.3 Å². The van der Waals surface area contributed by atoms with Crippen molar-refractivity contribution in [2.75, 3.05) is 19.1 Å². The molecule has 0 aliphatic carbocycles. The van der Waals surface area contributed by atoms with E-state index in [1.165, 1.54) is 27.1 Å². The Morgan fingerprint density at radius 3 is 3.00 bits per heavy atom. The van der Waals surface area contributed by atoms with Gasteiger partial charge in [-0.25, -0.2) is 9.97 Å². The van der Waals surface area contributed by atoms with Crippen molar-refractivity contribution in [1.29, 1.82) is 0 Å². The Morgan fingerprint density at radius 2 is 2.21 bits per heavy atom. The molecule has 0 unspecified atom stereocenters. The van der Waals surface area contributed by atoms with Crippen molar-refractivity contribution >= 4 is 33.3 Å². The number of hydrogen-bond acceptors (Lipinski definition) is 6. The third-order valence-corrected chi connectivity index (χ3v) is 4.51. The predicted octanol–water partition coefficient (Wildman–Crippen LogP) is 1.91. The summed E-state index contributed by atoms with van der Waals surface area (Å²) in [4.78, 5) is 35.2. The molecule has 3 aromatic heterocycles. The van der Waals surface area contributed by atoms with Gasteiger partial charge < -0.3 is 4.74 Å². The fourth-order valence-corrected chi connectivity index (χ4v) is 3.00. The molecule has 0 radical (unpaired) electrons. The molecule has 3 aromatic rings. The molecule has 0 aromatic carbocycles. The molecule has 0 spiro atoms. The van der Waals surface area contributed by atoms with Crippen LogP contribution in [0, 0.1) is 0 Å². The van der Waals surface area contributed by atoms with Gasteiger partial charge in [-0.15, -0.1) is 11.3 Å². The molecule has 24 heavy (non-hydrogen) atoms. The fraction of sp³-hybridized carbons (Fsp3) is 0.250. The number of pyridine rings is 1. The monoisotopic (exact) mass is 344 g/mol. The molecule has 1 amide bonds. The van der Waals surface area contributed by atoms with Gasteiger partial charge in [0, 0.05) is 32.3 Å². The zero-order valence-electron chi connectivity index (χ0n) is 13.3. The molecular formula is C16H16N4O3S. The molecule has 3 heterocycles. The van der Waals surface area contributed by atoms with E-state index < -0.39 is 0 Å². The van der Waals surface area contributed by atoms with Gasteiger partial charge in [-0.3, -0.25) is 19.1 Å². The standard InChI is InChI=1S/C16H16N4O3S/c1-19(13-9-11(23-2)3-6-17-13)14(21)4-7-20-10-18-15-12(16(20)22)5-8-24-15/h3,5-6,8-10H,4,7H2,1-2H3. The Morgan fingerprint density at radius 1 is 1.38 bits per heavy atom. The number of anilines is 1. The number of thiophene rings is 1. The minimum Gasteiger partial charge on any atom is -0.497 e. The summed E-state index contributed by atoms with van der Waals surface area (Å²) in [5, 5.41) is 2.41. The van der Waals surface area contributed by atoms with Gasteiger partial charge in [0.1, 0.15) is 16.4 Å². The lowest BCUT2D eigenvalue weighted by Gasteiger charge is -2.17. The molecule has 0 atom stereocenters. The van der Waals surface area contributed by atoms with E-state index in [1.54, 1.807) is 38.6 Å². The van der Waals surface area contributed by atoms with Crippen LogP contribution in [0.5, 0.6) is 5.75 Å². The zero-order chi connectivity index (χ0) is 17.1. The first-order chi connectivity index (χ1) is 11.6. The highest BCUT2D eigenvalue weighted by Gasteiger charge is 2.14. The highest BCUT2D eigenvalue weighted by Crippen LogP contribution is 2.17. The van der Waals surface area contributed by atoms with Gasteiger partial charge in [0.15, 0.2) is 0 Å². The number of nitrogens with zero attached hydrogens (tertiary/aromatic N) is 4. The van der Waals surface area contributed by atoms with Crippen LogP contribution in [-0.2, 0) is 11.3 Å². The number of rotatable bonds is 5.